The van der Waals surface area contributed by atoms with Crippen LogP contribution >= 0.6 is 0 Å². The summed E-state index contributed by atoms with van der Waals surface area (Å²) in [5.74, 6) is 0.607. The maximum atomic E-state index is 11.5. The van der Waals surface area contributed by atoms with Gasteiger partial charge in [-0.05, 0) is 43.6 Å². The molecule has 2 N–H and O–H groups in total. The van der Waals surface area contributed by atoms with Crippen molar-refractivity contribution in [3.63, 3.8) is 0 Å². The van der Waals surface area contributed by atoms with Gasteiger partial charge in [-0.25, -0.2) is 0 Å². The van der Waals surface area contributed by atoms with E-state index in [1.807, 2.05) is 0 Å². The third-order valence-electron chi connectivity index (χ3n) is 3.02. The molecule has 0 atom stereocenters. The number of carbonyl (C=O) groups is 1. The number of carbonyl (C=O) groups excluding carboxylic acids is 1. The quantitative estimate of drug-likeness (QED) is 0.500. The van der Waals surface area contributed by atoms with E-state index in [2.05, 4.69) is 27.7 Å². The van der Waals surface area contributed by atoms with Crippen LogP contribution in [0.3, 0.4) is 0 Å². The maximum absolute atomic E-state index is 11.5. The molecule has 17 heavy (non-hydrogen) atoms. The summed E-state index contributed by atoms with van der Waals surface area (Å²) in [6, 6.07) is 0. The summed E-state index contributed by atoms with van der Waals surface area (Å²) >= 11 is 0. The van der Waals surface area contributed by atoms with E-state index in [1.54, 1.807) is 0 Å². The number of hydrogen-bond donors (Lipinski definition) is 1. The van der Waals surface area contributed by atoms with Crippen LogP contribution in [0.15, 0.2) is 0 Å². The topological polar surface area (TPSA) is 52.3 Å². The molecule has 0 aromatic carbocycles. The first-order valence-corrected chi connectivity index (χ1v) is 6.73. The lowest BCUT2D eigenvalue weighted by molar-refractivity contribution is -0.144. The highest BCUT2D eigenvalue weighted by Crippen LogP contribution is 2.25. The van der Waals surface area contributed by atoms with Gasteiger partial charge in [0.15, 0.2) is 0 Å². The molecular formula is C14H29NO2. The van der Waals surface area contributed by atoms with E-state index >= 15 is 0 Å². The predicted octanol–water partition coefficient (Wildman–Crippen LogP) is 3.12. The van der Waals surface area contributed by atoms with E-state index in [-0.39, 0.29) is 11.4 Å². The molecule has 102 valence electrons. The van der Waals surface area contributed by atoms with Crippen molar-refractivity contribution in [1.82, 2.24) is 0 Å². The fourth-order valence-corrected chi connectivity index (χ4v) is 1.71. The van der Waals surface area contributed by atoms with E-state index in [9.17, 15) is 4.79 Å². The largest absolute Gasteiger partial charge is 0.466 e. The Balaban J connectivity index is 3.59. The van der Waals surface area contributed by atoms with Gasteiger partial charge in [0.2, 0.25) is 0 Å². The van der Waals surface area contributed by atoms with Crippen LogP contribution in [0.1, 0.15) is 59.8 Å². The van der Waals surface area contributed by atoms with Crippen LogP contribution in [0.5, 0.6) is 0 Å². The Kier molecular flexibility index (Phi) is 8.23. The molecule has 0 spiro atoms. The number of esters is 1. The van der Waals surface area contributed by atoms with Crippen LogP contribution in [-0.2, 0) is 9.53 Å². The molecule has 0 aromatic heterocycles. The highest BCUT2D eigenvalue weighted by Gasteiger charge is 2.18. The van der Waals surface area contributed by atoms with Gasteiger partial charge in [-0.3, -0.25) is 4.79 Å². The monoisotopic (exact) mass is 243 g/mol. The second-order valence-electron chi connectivity index (χ2n) is 5.96. The molecule has 0 bridgehead atoms. The molecule has 0 aliphatic heterocycles. The minimum atomic E-state index is -0.0705. The summed E-state index contributed by atoms with van der Waals surface area (Å²) in [5, 5.41) is 0. The molecule has 0 heterocycles. The lowest BCUT2D eigenvalue weighted by atomic mass is 9.84. The average Bonchev–Trinajstić information content (AvgIpc) is 2.21. The van der Waals surface area contributed by atoms with Crippen molar-refractivity contribution in [1.29, 1.82) is 0 Å². The SMILES string of the molecule is CC(C)CCCOC(=O)CCC(C)(C)CCN. The van der Waals surface area contributed by atoms with Gasteiger partial charge in [0.25, 0.3) is 0 Å². The first-order chi connectivity index (χ1) is 7.87. The van der Waals surface area contributed by atoms with Crippen LogP contribution in [0.2, 0.25) is 0 Å². The standard InChI is InChI=1S/C14H29NO2/c1-12(2)6-5-11-17-13(16)7-8-14(3,4)9-10-15/h12H,5-11,15H2,1-4H3. The predicted molar refractivity (Wildman–Crippen MR) is 71.7 cm³/mol. The zero-order valence-corrected chi connectivity index (χ0v) is 11.9. The molecule has 0 radical (unpaired) electrons. The minimum Gasteiger partial charge on any atom is -0.466 e. The van der Waals surface area contributed by atoms with Crippen molar-refractivity contribution in [2.24, 2.45) is 17.1 Å². The van der Waals surface area contributed by atoms with E-state index < -0.39 is 0 Å². The van der Waals surface area contributed by atoms with Crippen LogP contribution in [0.4, 0.5) is 0 Å². The van der Waals surface area contributed by atoms with Crippen LogP contribution in [-0.4, -0.2) is 19.1 Å². The molecular weight excluding hydrogens is 214 g/mol. The van der Waals surface area contributed by atoms with Crippen LogP contribution < -0.4 is 5.73 Å². The molecule has 0 aromatic rings. The van der Waals surface area contributed by atoms with Gasteiger partial charge in [0.05, 0.1) is 6.61 Å². The number of hydrogen-bond acceptors (Lipinski definition) is 3. The van der Waals surface area contributed by atoms with E-state index in [0.717, 1.165) is 25.7 Å². The summed E-state index contributed by atoms with van der Waals surface area (Å²) in [6.45, 7) is 9.89. The number of ether oxygens (including phenoxy) is 1. The highest BCUT2D eigenvalue weighted by molar-refractivity contribution is 5.69. The first kappa shape index (κ1) is 16.4. The van der Waals surface area contributed by atoms with Crippen molar-refractivity contribution >= 4 is 5.97 Å². The Hall–Kier alpha value is -0.570. The second-order valence-corrected chi connectivity index (χ2v) is 5.96. The normalized spacial score (nSPS) is 11.9. The summed E-state index contributed by atoms with van der Waals surface area (Å²) in [4.78, 5) is 11.5. The van der Waals surface area contributed by atoms with Crippen LogP contribution in [0, 0.1) is 11.3 Å². The number of rotatable bonds is 9. The third-order valence-corrected chi connectivity index (χ3v) is 3.02. The zero-order chi connectivity index (χ0) is 13.3. The van der Waals surface area contributed by atoms with Gasteiger partial charge in [0.1, 0.15) is 0 Å². The summed E-state index contributed by atoms with van der Waals surface area (Å²) in [7, 11) is 0. The van der Waals surface area contributed by atoms with E-state index in [4.69, 9.17) is 10.5 Å². The fourth-order valence-electron chi connectivity index (χ4n) is 1.71. The van der Waals surface area contributed by atoms with E-state index in [0.29, 0.717) is 25.5 Å². The molecule has 0 aliphatic carbocycles. The van der Waals surface area contributed by atoms with Gasteiger partial charge in [0, 0.05) is 6.42 Å². The van der Waals surface area contributed by atoms with Crippen molar-refractivity contribution in [3.8, 4) is 0 Å². The molecule has 0 aliphatic rings. The van der Waals surface area contributed by atoms with Crippen LogP contribution in [0.25, 0.3) is 0 Å². The second kappa shape index (κ2) is 8.51. The number of nitrogens with two attached hydrogens (primary N) is 1. The zero-order valence-electron chi connectivity index (χ0n) is 11.9. The van der Waals surface area contributed by atoms with Crippen molar-refractivity contribution in [2.75, 3.05) is 13.2 Å². The van der Waals surface area contributed by atoms with Gasteiger partial charge in [-0.2, -0.15) is 0 Å². The first-order valence-electron chi connectivity index (χ1n) is 6.73. The minimum absolute atomic E-state index is 0.0705. The Morgan fingerprint density at radius 2 is 1.94 bits per heavy atom. The average molecular weight is 243 g/mol. The van der Waals surface area contributed by atoms with Crippen molar-refractivity contribution < 1.29 is 9.53 Å². The molecule has 0 fully saturated rings. The molecule has 0 unspecified atom stereocenters. The molecule has 3 heteroatoms. The highest BCUT2D eigenvalue weighted by atomic mass is 16.5. The third kappa shape index (κ3) is 10.3. The smallest absolute Gasteiger partial charge is 0.305 e. The lowest BCUT2D eigenvalue weighted by Gasteiger charge is -2.23. The molecule has 0 saturated carbocycles. The van der Waals surface area contributed by atoms with Gasteiger partial charge in [-0.15, -0.1) is 0 Å². The fraction of sp³-hybridized carbons (Fsp3) is 0.929. The van der Waals surface area contributed by atoms with Gasteiger partial charge in [-0.1, -0.05) is 27.7 Å². The molecule has 0 saturated heterocycles. The van der Waals surface area contributed by atoms with E-state index in [1.165, 1.54) is 0 Å². The Labute approximate surface area is 106 Å². The van der Waals surface area contributed by atoms with Gasteiger partial charge >= 0.3 is 5.97 Å². The maximum Gasteiger partial charge on any atom is 0.305 e. The van der Waals surface area contributed by atoms with Gasteiger partial charge < -0.3 is 10.5 Å². The Bertz CT molecular complexity index is 212. The molecule has 3 nitrogen and oxygen atoms in total. The Morgan fingerprint density at radius 3 is 2.47 bits per heavy atom. The van der Waals surface area contributed by atoms with Crippen molar-refractivity contribution in [2.45, 2.75) is 59.8 Å². The summed E-state index contributed by atoms with van der Waals surface area (Å²) in [6.07, 6.45) is 4.40. The lowest BCUT2D eigenvalue weighted by Crippen LogP contribution is -2.19. The molecule has 0 amide bonds. The Morgan fingerprint density at radius 1 is 1.29 bits per heavy atom. The van der Waals surface area contributed by atoms with Crippen molar-refractivity contribution in [3.05, 3.63) is 0 Å². The summed E-state index contributed by atoms with van der Waals surface area (Å²) in [5.41, 5.74) is 5.68. The molecule has 0 rings (SSSR count). The summed E-state index contributed by atoms with van der Waals surface area (Å²) < 4.78 is 5.20.